The third-order valence-corrected chi connectivity index (χ3v) is 4.08. The lowest BCUT2D eigenvalue weighted by Crippen LogP contribution is -2.29. The Morgan fingerprint density at radius 2 is 1.95 bits per heavy atom. The predicted molar refractivity (Wildman–Crippen MR) is 83.8 cm³/mol. The quantitative estimate of drug-likeness (QED) is 0.655. The number of hydrogen-bond donors (Lipinski definition) is 2. The van der Waals surface area contributed by atoms with Crippen molar-refractivity contribution in [1.29, 1.82) is 0 Å². The van der Waals surface area contributed by atoms with Crippen molar-refractivity contribution in [2.45, 2.75) is 26.3 Å². The van der Waals surface area contributed by atoms with E-state index in [-0.39, 0.29) is 11.9 Å². The molecule has 1 atom stereocenters. The fourth-order valence-corrected chi connectivity index (χ4v) is 2.64. The van der Waals surface area contributed by atoms with Crippen LogP contribution in [0.15, 0.2) is 40.9 Å². The highest BCUT2D eigenvalue weighted by atomic mass is 79.9. The summed E-state index contributed by atoms with van der Waals surface area (Å²) < 4.78 is 13.8. The number of nitrogens with two attached hydrogens (primary N) is 1. The van der Waals surface area contributed by atoms with E-state index >= 15 is 0 Å². The van der Waals surface area contributed by atoms with Crippen LogP contribution in [0.4, 0.5) is 4.39 Å². The SMILES string of the molecule is Cc1ccc(C)c(CC(NN)c2ccc(F)c(Br)c2)c1. The van der Waals surface area contributed by atoms with Crippen LogP contribution in [0.3, 0.4) is 0 Å². The molecule has 2 rings (SSSR count). The van der Waals surface area contributed by atoms with Gasteiger partial charge in [0, 0.05) is 0 Å². The standard InChI is InChI=1S/C16H18BrFN2/c1-10-3-4-11(2)13(7-10)9-16(20-19)12-5-6-15(18)14(17)8-12/h3-8,16,20H,9,19H2,1-2H3. The number of benzene rings is 2. The minimum atomic E-state index is -0.267. The third-order valence-electron chi connectivity index (χ3n) is 3.48. The molecule has 0 aromatic heterocycles. The Morgan fingerprint density at radius 3 is 2.60 bits per heavy atom. The van der Waals surface area contributed by atoms with Crippen LogP contribution in [0.5, 0.6) is 0 Å². The Bertz CT molecular complexity index is 613. The second-order valence-electron chi connectivity index (χ2n) is 5.03. The molecule has 0 bridgehead atoms. The Labute approximate surface area is 127 Å². The van der Waals surface area contributed by atoms with Crippen LogP contribution in [0.25, 0.3) is 0 Å². The van der Waals surface area contributed by atoms with Crippen LogP contribution >= 0.6 is 15.9 Å². The summed E-state index contributed by atoms with van der Waals surface area (Å²) in [6, 6.07) is 11.3. The molecular weight excluding hydrogens is 319 g/mol. The maximum atomic E-state index is 13.3. The van der Waals surface area contributed by atoms with E-state index in [4.69, 9.17) is 5.84 Å². The van der Waals surface area contributed by atoms with Gasteiger partial charge in [-0.25, -0.2) is 4.39 Å². The van der Waals surface area contributed by atoms with E-state index in [2.05, 4.69) is 53.4 Å². The summed E-state index contributed by atoms with van der Waals surface area (Å²) in [5.41, 5.74) is 7.48. The zero-order valence-corrected chi connectivity index (χ0v) is 13.2. The second kappa shape index (κ2) is 6.48. The van der Waals surface area contributed by atoms with Crippen molar-refractivity contribution in [3.05, 3.63) is 68.9 Å². The van der Waals surface area contributed by atoms with Gasteiger partial charge in [-0.2, -0.15) is 0 Å². The van der Waals surface area contributed by atoms with Crippen molar-refractivity contribution in [2.75, 3.05) is 0 Å². The minimum Gasteiger partial charge on any atom is -0.271 e. The molecule has 106 valence electrons. The van der Waals surface area contributed by atoms with Gasteiger partial charge in [-0.3, -0.25) is 11.3 Å². The van der Waals surface area contributed by atoms with Gasteiger partial charge in [0.15, 0.2) is 0 Å². The summed E-state index contributed by atoms with van der Waals surface area (Å²) in [5, 5.41) is 0. The second-order valence-corrected chi connectivity index (χ2v) is 5.88. The zero-order valence-electron chi connectivity index (χ0n) is 11.6. The highest BCUT2D eigenvalue weighted by molar-refractivity contribution is 9.10. The molecule has 0 radical (unpaired) electrons. The van der Waals surface area contributed by atoms with Gasteiger partial charge < -0.3 is 0 Å². The summed E-state index contributed by atoms with van der Waals surface area (Å²) >= 11 is 3.21. The Hall–Kier alpha value is -1.23. The number of hydrazine groups is 1. The number of nitrogens with one attached hydrogen (secondary N) is 1. The monoisotopic (exact) mass is 336 g/mol. The van der Waals surface area contributed by atoms with E-state index in [0.717, 1.165) is 12.0 Å². The first-order valence-corrected chi connectivity index (χ1v) is 7.27. The summed E-state index contributed by atoms with van der Waals surface area (Å²) in [5.74, 6) is 5.40. The number of rotatable bonds is 4. The molecule has 4 heteroatoms. The molecule has 0 aliphatic heterocycles. The van der Waals surface area contributed by atoms with Gasteiger partial charge in [-0.1, -0.05) is 29.8 Å². The third kappa shape index (κ3) is 3.45. The van der Waals surface area contributed by atoms with Gasteiger partial charge in [0.25, 0.3) is 0 Å². The van der Waals surface area contributed by atoms with E-state index < -0.39 is 0 Å². The zero-order chi connectivity index (χ0) is 14.7. The molecule has 1 unspecified atom stereocenters. The lowest BCUT2D eigenvalue weighted by molar-refractivity contribution is 0.547. The highest BCUT2D eigenvalue weighted by Crippen LogP contribution is 2.25. The molecule has 0 aliphatic rings. The average molecular weight is 337 g/mol. The smallest absolute Gasteiger partial charge is 0.137 e. The van der Waals surface area contributed by atoms with Gasteiger partial charge in [0.1, 0.15) is 5.82 Å². The van der Waals surface area contributed by atoms with E-state index in [1.54, 1.807) is 12.1 Å². The predicted octanol–water partition coefficient (Wildman–Crippen LogP) is 3.95. The van der Waals surface area contributed by atoms with Crippen LogP contribution < -0.4 is 11.3 Å². The normalized spacial score (nSPS) is 12.4. The highest BCUT2D eigenvalue weighted by Gasteiger charge is 2.13. The number of aryl methyl sites for hydroxylation is 2. The lowest BCUT2D eigenvalue weighted by Gasteiger charge is -2.18. The van der Waals surface area contributed by atoms with Crippen LogP contribution in [0, 0.1) is 19.7 Å². The molecule has 20 heavy (non-hydrogen) atoms. The lowest BCUT2D eigenvalue weighted by atomic mass is 9.95. The van der Waals surface area contributed by atoms with Gasteiger partial charge >= 0.3 is 0 Å². The Kier molecular flexibility index (Phi) is 4.91. The first kappa shape index (κ1) is 15.2. The number of halogens is 2. The van der Waals surface area contributed by atoms with Crippen molar-refractivity contribution < 1.29 is 4.39 Å². The fourth-order valence-electron chi connectivity index (χ4n) is 2.24. The molecule has 0 saturated carbocycles. The van der Waals surface area contributed by atoms with E-state index in [0.29, 0.717) is 4.47 Å². The Morgan fingerprint density at radius 1 is 1.20 bits per heavy atom. The molecule has 3 N–H and O–H groups in total. The van der Waals surface area contributed by atoms with Crippen molar-refractivity contribution >= 4 is 15.9 Å². The van der Waals surface area contributed by atoms with Crippen molar-refractivity contribution in [1.82, 2.24) is 5.43 Å². The maximum absolute atomic E-state index is 13.3. The summed E-state index contributed by atoms with van der Waals surface area (Å²) in [4.78, 5) is 0. The Balaban J connectivity index is 2.28. The van der Waals surface area contributed by atoms with Crippen LogP contribution in [-0.2, 0) is 6.42 Å². The summed E-state index contributed by atoms with van der Waals surface area (Å²) in [7, 11) is 0. The minimum absolute atomic E-state index is 0.0487. The van der Waals surface area contributed by atoms with E-state index in [9.17, 15) is 4.39 Å². The van der Waals surface area contributed by atoms with Crippen molar-refractivity contribution in [3.8, 4) is 0 Å². The van der Waals surface area contributed by atoms with Crippen LogP contribution in [0.1, 0.15) is 28.3 Å². The number of hydrogen-bond acceptors (Lipinski definition) is 2. The average Bonchev–Trinajstić information content (AvgIpc) is 2.43. The fraction of sp³-hybridized carbons (Fsp3) is 0.250. The first-order valence-electron chi connectivity index (χ1n) is 6.48. The molecule has 2 nitrogen and oxygen atoms in total. The molecule has 0 heterocycles. The molecule has 2 aromatic carbocycles. The maximum Gasteiger partial charge on any atom is 0.137 e. The van der Waals surface area contributed by atoms with E-state index in [1.165, 1.54) is 22.8 Å². The van der Waals surface area contributed by atoms with Crippen LogP contribution in [0.2, 0.25) is 0 Å². The molecule has 0 spiro atoms. The summed E-state index contributed by atoms with van der Waals surface area (Å²) in [6.45, 7) is 4.16. The molecule has 2 aromatic rings. The van der Waals surface area contributed by atoms with Gasteiger partial charge in [-0.05, 0) is 65.0 Å². The van der Waals surface area contributed by atoms with Crippen LogP contribution in [-0.4, -0.2) is 0 Å². The molecule has 0 amide bonds. The molecule has 0 saturated heterocycles. The van der Waals surface area contributed by atoms with Gasteiger partial charge in [-0.15, -0.1) is 0 Å². The largest absolute Gasteiger partial charge is 0.271 e. The topological polar surface area (TPSA) is 38.0 Å². The summed E-state index contributed by atoms with van der Waals surface area (Å²) in [6.07, 6.45) is 0.766. The first-order chi connectivity index (χ1) is 9.51. The molecule has 0 fully saturated rings. The molecular formula is C16H18BrFN2. The van der Waals surface area contributed by atoms with Crippen molar-refractivity contribution in [3.63, 3.8) is 0 Å². The molecule has 0 aliphatic carbocycles. The van der Waals surface area contributed by atoms with Crippen molar-refractivity contribution in [2.24, 2.45) is 5.84 Å². The van der Waals surface area contributed by atoms with E-state index in [1.807, 2.05) is 0 Å². The van der Waals surface area contributed by atoms with Gasteiger partial charge in [0.05, 0.1) is 10.5 Å². The van der Waals surface area contributed by atoms with Gasteiger partial charge in [0.2, 0.25) is 0 Å².